The van der Waals surface area contributed by atoms with Gasteiger partial charge in [-0.25, -0.2) is 13.4 Å². The number of carbonyl (C=O) groups is 1. The zero-order chi connectivity index (χ0) is 20.0. The minimum Gasteiger partial charge on any atom is -0.506 e. The molecule has 0 spiro atoms. The molecular formula is C17H20FN3O5S. The number of anilines is 1. The zero-order valence-electron chi connectivity index (χ0n) is 14.8. The Hall–Kier alpha value is -2.59. The van der Waals surface area contributed by atoms with Crippen molar-refractivity contribution in [3.8, 4) is 11.5 Å². The number of nitrogens with zero attached hydrogens (tertiary/aromatic N) is 1. The summed E-state index contributed by atoms with van der Waals surface area (Å²) in [6.45, 7) is 3.43. The number of hydrogen-bond donors (Lipinski definition) is 3. The van der Waals surface area contributed by atoms with Crippen LogP contribution in [0.2, 0.25) is 0 Å². The van der Waals surface area contributed by atoms with Crippen LogP contribution in [0.1, 0.15) is 20.3 Å². The molecule has 1 heterocycles. The van der Waals surface area contributed by atoms with Gasteiger partial charge in [0.2, 0.25) is 0 Å². The van der Waals surface area contributed by atoms with Crippen LogP contribution in [-0.4, -0.2) is 38.1 Å². The summed E-state index contributed by atoms with van der Waals surface area (Å²) in [7, 11) is -4.25. The van der Waals surface area contributed by atoms with E-state index in [-0.39, 0.29) is 5.39 Å². The number of nitrogens with one attached hydrogen (secondary N) is 1. The van der Waals surface area contributed by atoms with E-state index in [1.165, 1.54) is 12.1 Å². The van der Waals surface area contributed by atoms with E-state index >= 15 is 4.39 Å². The third-order valence-corrected chi connectivity index (χ3v) is 5.47. The Balaban J connectivity index is 2.00. The Bertz CT molecular complexity index is 1020. The second kappa shape index (κ2) is 6.54. The maximum Gasteiger partial charge on any atom is 0.326 e. The third kappa shape index (κ3) is 3.91. The molecule has 27 heavy (non-hydrogen) atoms. The van der Waals surface area contributed by atoms with Crippen LogP contribution in [0.15, 0.2) is 24.3 Å². The van der Waals surface area contributed by atoms with E-state index in [1.807, 2.05) is 13.8 Å². The molecule has 1 saturated heterocycles. The second-order valence-electron chi connectivity index (χ2n) is 7.07. The second-order valence-corrected chi connectivity index (χ2v) is 8.66. The molecule has 1 aliphatic heterocycles. The average Bonchev–Trinajstić information content (AvgIpc) is 2.79. The fourth-order valence-corrected chi connectivity index (χ4v) is 3.88. The first-order valence-electron chi connectivity index (χ1n) is 8.18. The van der Waals surface area contributed by atoms with Gasteiger partial charge in [-0.15, -0.1) is 0 Å². The van der Waals surface area contributed by atoms with Crippen molar-refractivity contribution in [1.82, 2.24) is 4.72 Å². The number of fused-ring (bicyclic) bond motifs is 1. The molecule has 10 heteroatoms. The molecule has 0 unspecified atom stereocenters. The molecule has 0 bridgehead atoms. The monoisotopic (exact) mass is 397 g/mol. The number of nitrogens with two attached hydrogens (primary N) is 1. The maximum absolute atomic E-state index is 15.1. The lowest BCUT2D eigenvalue weighted by Gasteiger charge is -2.19. The van der Waals surface area contributed by atoms with E-state index in [0.29, 0.717) is 28.5 Å². The number of ether oxygens (including phenoxy) is 1. The molecule has 8 nitrogen and oxygen atoms in total. The van der Waals surface area contributed by atoms with Crippen molar-refractivity contribution in [3.05, 3.63) is 30.1 Å². The molecule has 146 valence electrons. The molecule has 3 rings (SSSR count). The number of rotatable bonds is 5. The summed E-state index contributed by atoms with van der Waals surface area (Å²) < 4.78 is 46.9. The van der Waals surface area contributed by atoms with Gasteiger partial charge in [0.25, 0.3) is 5.91 Å². The van der Waals surface area contributed by atoms with E-state index < -0.39 is 45.5 Å². The Morgan fingerprint density at radius 2 is 2.07 bits per heavy atom. The minimum atomic E-state index is -4.25. The van der Waals surface area contributed by atoms with Crippen molar-refractivity contribution in [2.45, 2.75) is 25.8 Å². The first-order chi connectivity index (χ1) is 12.5. The van der Waals surface area contributed by atoms with Gasteiger partial charge >= 0.3 is 10.2 Å². The predicted molar refractivity (Wildman–Crippen MR) is 98.4 cm³/mol. The third-order valence-electron chi connectivity index (χ3n) is 4.09. The molecule has 1 amide bonds. The molecule has 1 aliphatic rings. The number of benzene rings is 2. The van der Waals surface area contributed by atoms with Crippen LogP contribution in [0.3, 0.4) is 0 Å². The first-order valence-corrected chi connectivity index (χ1v) is 9.62. The molecule has 2 aromatic carbocycles. The fraction of sp³-hybridized carbons (Fsp3) is 0.353. The fourth-order valence-electron chi connectivity index (χ4n) is 2.71. The van der Waals surface area contributed by atoms with E-state index in [0.717, 1.165) is 0 Å². The molecular weight excluding hydrogens is 377 g/mol. The number of phenolic OH excluding ortho intramolecular Hbond substituents is 1. The minimum absolute atomic E-state index is 0.0573. The number of carbonyl (C=O) groups excluding carboxylic acids is 1. The highest BCUT2D eigenvalue weighted by molar-refractivity contribution is 7.92. The highest BCUT2D eigenvalue weighted by atomic mass is 32.2. The summed E-state index contributed by atoms with van der Waals surface area (Å²) in [6, 6.07) is 5.81. The molecule has 0 aliphatic carbocycles. The van der Waals surface area contributed by atoms with Crippen LogP contribution < -0.4 is 19.5 Å². The zero-order valence-corrected chi connectivity index (χ0v) is 15.6. The summed E-state index contributed by atoms with van der Waals surface area (Å²) >= 11 is 0. The number of aromatic hydroxyl groups is 1. The molecule has 0 atom stereocenters. The van der Waals surface area contributed by atoms with Crippen molar-refractivity contribution in [1.29, 1.82) is 0 Å². The predicted octanol–water partition coefficient (Wildman–Crippen LogP) is 1.37. The topological polar surface area (TPSA) is 122 Å². The summed E-state index contributed by atoms with van der Waals surface area (Å²) in [5, 5.41) is 10.6. The maximum atomic E-state index is 15.1. The Morgan fingerprint density at radius 3 is 2.67 bits per heavy atom. The van der Waals surface area contributed by atoms with Gasteiger partial charge < -0.3 is 15.6 Å². The standard InChI is InChI=1S/C17H20FN3O5S/c1-17(2,19)5-6-26-11-4-3-10-7-13(22)16(15(18)12(10)8-11)21-9-14(23)20-27(21,24)25/h3-4,7-8,22H,5-6,9,19H2,1-2H3,(H,20,23). The Morgan fingerprint density at radius 1 is 1.37 bits per heavy atom. The van der Waals surface area contributed by atoms with Crippen molar-refractivity contribution >= 4 is 32.6 Å². The lowest BCUT2D eigenvalue weighted by atomic mass is 10.0. The van der Waals surface area contributed by atoms with Crippen molar-refractivity contribution in [3.63, 3.8) is 0 Å². The molecule has 2 aromatic rings. The van der Waals surface area contributed by atoms with Gasteiger partial charge in [0.05, 0.1) is 6.61 Å². The normalized spacial score (nSPS) is 16.6. The lowest BCUT2D eigenvalue weighted by Crippen LogP contribution is -2.33. The van der Waals surface area contributed by atoms with Gasteiger partial charge in [0.1, 0.15) is 23.7 Å². The number of halogens is 1. The van der Waals surface area contributed by atoms with Crippen LogP contribution in [0.4, 0.5) is 10.1 Å². The molecule has 0 aromatic heterocycles. The van der Waals surface area contributed by atoms with Crippen LogP contribution >= 0.6 is 0 Å². The van der Waals surface area contributed by atoms with E-state index in [9.17, 15) is 18.3 Å². The first kappa shape index (κ1) is 19.2. The number of amides is 1. The highest BCUT2D eigenvalue weighted by Crippen LogP contribution is 2.39. The molecule has 1 fully saturated rings. The quantitative estimate of drug-likeness (QED) is 0.701. The highest BCUT2D eigenvalue weighted by Gasteiger charge is 2.37. The number of phenols is 1. The van der Waals surface area contributed by atoms with E-state index in [1.54, 1.807) is 16.9 Å². The largest absolute Gasteiger partial charge is 0.506 e. The molecule has 0 saturated carbocycles. The summed E-state index contributed by atoms with van der Waals surface area (Å²) in [6.07, 6.45) is 0.578. The lowest BCUT2D eigenvalue weighted by molar-refractivity contribution is -0.117. The molecule has 4 N–H and O–H groups in total. The van der Waals surface area contributed by atoms with Crippen molar-refractivity contribution in [2.75, 3.05) is 17.5 Å². The van der Waals surface area contributed by atoms with Crippen molar-refractivity contribution < 1.29 is 27.4 Å². The number of hydrogen-bond acceptors (Lipinski definition) is 6. The SMILES string of the molecule is CC(C)(N)CCOc1ccc2cc(O)c(N3CC(=O)NS3(=O)=O)c(F)c2c1. The van der Waals surface area contributed by atoms with Gasteiger partial charge in [-0.1, -0.05) is 6.07 Å². The van der Waals surface area contributed by atoms with Gasteiger partial charge in [-0.2, -0.15) is 8.42 Å². The average molecular weight is 397 g/mol. The van der Waals surface area contributed by atoms with Gasteiger partial charge in [0, 0.05) is 10.9 Å². The summed E-state index contributed by atoms with van der Waals surface area (Å²) in [5.74, 6) is -1.98. The Kier molecular flexibility index (Phi) is 4.64. The summed E-state index contributed by atoms with van der Waals surface area (Å²) in [5.41, 5.74) is 4.90. The van der Waals surface area contributed by atoms with Crippen molar-refractivity contribution in [2.24, 2.45) is 5.73 Å². The summed E-state index contributed by atoms with van der Waals surface area (Å²) in [4.78, 5) is 11.4. The van der Waals surface area contributed by atoms with Crippen LogP contribution in [-0.2, 0) is 15.0 Å². The Labute approximate surface area is 155 Å². The van der Waals surface area contributed by atoms with Gasteiger partial charge in [-0.05, 0) is 43.9 Å². The van der Waals surface area contributed by atoms with E-state index in [2.05, 4.69) is 0 Å². The van der Waals surface area contributed by atoms with Gasteiger partial charge in [-0.3, -0.25) is 4.79 Å². The smallest absolute Gasteiger partial charge is 0.326 e. The van der Waals surface area contributed by atoms with Crippen LogP contribution in [0.25, 0.3) is 10.8 Å². The molecule has 0 radical (unpaired) electrons. The van der Waals surface area contributed by atoms with Gasteiger partial charge in [0.15, 0.2) is 5.82 Å². The van der Waals surface area contributed by atoms with Crippen LogP contribution in [0, 0.1) is 5.82 Å². The van der Waals surface area contributed by atoms with Crippen LogP contribution in [0.5, 0.6) is 11.5 Å². The van der Waals surface area contributed by atoms with E-state index in [4.69, 9.17) is 10.5 Å².